The van der Waals surface area contributed by atoms with Gasteiger partial charge in [0.1, 0.15) is 0 Å². The van der Waals surface area contributed by atoms with Crippen molar-refractivity contribution in [3.8, 4) is 0 Å². The van der Waals surface area contributed by atoms with Gasteiger partial charge in [-0.2, -0.15) is 0 Å². The van der Waals surface area contributed by atoms with Gasteiger partial charge >= 0.3 is 0 Å². The molecule has 0 aliphatic rings. The fourth-order valence-corrected chi connectivity index (χ4v) is 1.21. The summed E-state index contributed by atoms with van der Waals surface area (Å²) in [7, 11) is 0. The van der Waals surface area contributed by atoms with E-state index in [1.807, 2.05) is 6.92 Å². The third kappa shape index (κ3) is 4.58. The summed E-state index contributed by atoms with van der Waals surface area (Å²) in [6.45, 7) is 5.06. The van der Waals surface area contributed by atoms with Crippen LogP contribution in [0.5, 0.6) is 0 Å². The SMILES string of the molecule is CCCCN(CCO)C(=O)[C@H](N)CC. The summed E-state index contributed by atoms with van der Waals surface area (Å²) in [4.78, 5) is 13.3. The van der Waals surface area contributed by atoms with Crippen LogP contribution in [-0.4, -0.2) is 41.7 Å². The van der Waals surface area contributed by atoms with E-state index >= 15 is 0 Å². The number of hydrogen-bond donors (Lipinski definition) is 2. The van der Waals surface area contributed by atoms with Crippen molar-refractivity contribution in [3.63, 3.8) is 0 Å². The van der Waals surface area contributed by atoms with Crippen LogP contribution < -0.4 is 5.73 Å². The Morgan fingerprint density at radius 3 is 2.50 bits per heavy atom. The topological polar surface area (TPSA) is 66.6 Å². The number of aliphatic hydroxyl groups is 1. The standard InChI is InChI=1S/C10H22N2O2/c1-3-5-6-12(7-8-13)10(14)9(11)4-2/h9,13H,3-8,11H2,1-2H3/t9-/m1/s1. The molecular formula is C10H22N2O2. The molecule has 3 N–H and O–H groups in total. The van der Waals surface area contributed by atoms with E-state index < -0.39 is 6.04 Å². The van der Waals surface area contributed by atoms with Crippen molar-refractivity contribution in [2.45, 2.75) is 39.2 Å². The number of carbonyl (C=O) groups is 1. The fraction of sp³-hybridized carbons (Fsp3) is 0.900. The molecule has 4 heteroatoms. The molecule has 0 bridgehead atoms. The number of carbonyl (C=O) groups excluding carboxylic acids is 1. The van der Waals surface area contributed by atoms with Crippen molar-refractivity contribution in [2.75, 3.05) is 19.7 Å². The minimum absolute atomic E-state index is 0.00584. The molecule has 0 heterocycles. The number of unbranched alkanes of at least 4 members (excludes halogenated alkanes) is 1. The van der Waals surface area contributed by atoms with E-state index in [0.29, 0.717) is 19.5 Å². The average Bonchev–Trinajstić information content (AvgIpc) is 2.22. The second kappa shape index (κ2) is 7.76. The molecule has 0 fully saturated rings. The Morgan fingerprint density at radius 2 is 2.07 bits per heavy atom. The largest absolute Gasteiger partial charge is 0.395 e. The zero-order valence-corrected chi connectivity index (χ0v) is 9.20. The van der Waals surface area contributed by atoms with Crippen LogP contribution in [0.2, 0.25) is 0 Å². The first-order valence-electron chi connectivity index (χ1n) is 5.32. The molecule has 0 rings (SSSR count). The highest BCUT2D eigenvalue weighted by Gasteiger charge is 2.18. The van der Waals surface area contributed by atoms with Crippen LogP contribution in [0.1, 0.15) is 33.1 Å². The number of nitrogens with zero attached hydrogens (tertiary/aromatic N) is 1. The lowest BCUT2D eigenvalue weighted by molar-refractivity contribution is -0.133. The smallest absolute Gasteiger partial charge is 0.239 e. The van der Waals surface area contributed by atoms with Crippen molar-refractivity contribution >= 4 is 5.91 Å². The lowest BCUT2D eigenvalue weighted by Crippen LogP contribution is -2.45. The highest BCUT2D eigenvalue weighted by Crippen LogP contribution is 2.00. The molecule has 0 aromatic carbocycles. The van der Waals surface area contributed by atoms with Gasteiger partial charge in [0.25, 0.3) is 0 Å². The van der Waals surface area contributed by atoms with Gasteiger partial charge < -0.3 is 15.7 Å². The second-order valence-corrected chi connectivity index (χ2v) is 3.42. The highest BCUT2D eigenvalue weighted by molar-refractivity contribution is 5.81. The van der Waals surface area contributed by atoms with Crippen LogP contribution in [0, 0.1) is 0 Å². The molecule has 0 aliphatic heterocycles. The Kier molecular flexibility index (Phi) is 7.42. The molecule has 0 saturated carbocycles. The van der Waals surface area contributed by atoms with E-state index in [2.05, 4.69) is 6.92 Å². The van der Waals surface area contributed by atoms with Gasteiger partial charge in [0.05, 0.1) is 12.6 Å². The Morgan fingerprint density at radius 1 is 1.43 bits per heavy atom. The average molecular weight is 202 g/mol. The van der Waals surface area contributed by atoms with Crippen LogP contribution in [0.25, 0.3) is 0 Å². The van der Waals surface area contributed by atoms with Gasteiger partial charge in [0.15, 0.2) is 0 Å². The summed E-state index contributed by atoms with van der Waals surface area (Å²) in [6.07, 6.45) is 2.64. The molecule has 84 valence electrons. The van der Waals surface area contributed by atoms with Crippen molar-refractivity contribution in [3.05, 3.63) is 0 Å². The minimum Gasteiger partial charge on any atom is -0.395 e. The molecule has 1 amide bonds. The first-order valence-corrected chi connectivity index (χ1v) is 5.32. The predicted molar refractivity (Wildman–Crippen MR) is 56.8 cm³/mol. The van der Waals surface area contributed by atoms with Crippen molar-refractivity contribution in [1.82, 2.24) is 4.90 Å². The number of rotatable bonds is 7. The van der Waals surface area contributed by atoms with Gasteiger partial charge in [-0.3, -0.25) is 4.79 Å². The van der Waals surface area contributed by atoms with Gasteiger partial charge in [-0.25, -0.2) is 0 Å². The Bertz CT molecular complexity index is 162. The Labute approximate surface area is 86.1 Å². The van der Waals surface area contributed by atoms with Crippen molar-refractivity contribution in [2.24, 2.45) is 5.73 Å². The van der Waals surface area contributed by atoms with Crippen LogP contribution in [0.3, 0.4) is 0 Å². The van der Waals surface area contributed by atoms with Gasteiger partial charge in [-0.05, 0) is 12.8 Å². The molecule has 0 spiro atoms. The zero-order chi connectivity index (χ0) is 11.0. The lowest BCUT2D eigenvalue weighted by Gasteiger charge is -2.24. The van der Waals surface area contributed by atoms with Gasteiger partial charge in [-0.1, -0.05) is 20.3 Å². The molecule has 0 aromatic rings. The maximum atomic E-state index is 11.7. The monoisotopic (exact) mass is 202 g/mol. The first-order chi connectivity index (χ1) is 6.67. The van der Waals surface area contributed by atoms with Crippen LogP contribution in [0.4, 0.5) is 0 Å². The molecule has 0 saturated heterocycles. The summed E-state index contributed by atoms with van der Waals surface area (Å²) in [5.41, 5.74) is 5.65. The van der Waals surface area contributed by atoms with Gasteiger partial charge in [0.2, 0.25) is 5.91 Å². The molecule has 4 nitrogen and oxygen atoms in total. The molecular weight excluding hydrogens is 180 g/mol. The summed E-state index contributed by atoms with van der Waals surface area (Å²) in [6, 6.07) is -0.418. The fourth-order valence-electron chi connectivity index (χ4n) is 1.21. The van der Waals surface area contributed by atoms with E-state index in [-0.39, 0.29) is 12.5 Å². The van der Waals surface area contributed by atoms with Crippen molar-refractivity contribution in [1.29, 1.82) is 0 Å². The summed E-state index contributed by atoms with van der Waals surface area (Å²) in [5, 5.41) is 8.80. The zero-order valence-electron chi connectivity index (χ0n) is 9.20. The molecule has 0 unspecified atom stereocenters. The van der Waals surface area contributed by atoms with Crippen molar-refractivity contribution < 1.29 is 9.90 Å². The van der Waals surface area contributed by atoms with Crippen LogP contribution in [0.15, 0.2) is 0 Å². The Hall–Kier alpha value is -0.610. The summed E-state index contributed by atoms with van der Waals surface area (Å²) >= 11 is 0. The summed E-state index contributed by atoms with van der Waals surface area (Å²) < 4.78 is 0. The second-order valence-electron chi connectivity index (χ2n) is 3.42. The molecule has 0 aliphatic carbocycles. The maximum Gasteiger partial charge on any atom is 0.239 e. The van der Waals surface area contributed by atoms with E-state index in [0.717, 1.165) is 12.8 Å². The predicted octanol–water partition coefficient (Wildman–Crippen LogP) is 0.345. The highest BCUT2D eigenvalue weighted by atomic mass is 16.3. The van der Waals surface area contributed by atoms with Gasteiger partial charge in [-0.15, -0.1) is 0 Å². The number of amides is 1. The number of nitrogens with two attached hydrogens (primary N) is 1. The third-order valence-corrected chi connectivity index (χ3v) is 2.22. The number of aliphatic hydroxyl groups excluding tert-OH is 1. The van der Waals surface area contributed by atoms with Gasteiger partial charge in [0, 0.05) is 13.1 Å². The van der Waals surface area contributed by atoms with E-state index in [9.17, 15) is 4.79 Å². The normalized spacial score (nSPS) is 12.6. The Balaban J connectivity index is 4.10. The summed E-state index contributed by atoms with van der Waals surface area (Å²) in [5.74, 6) is -0.0463. The van der Waals surface area contributed by atoms with E-state index in [1.54, 1.807) is 4.90 Å². The number of hydrogen-bond acceptors (Lipinski definition) is 3. The lowest BCUT2D eigenvalue weighted by atomic mass is 10.2. The third-order valence-electron chi connectivity index (χ3n) is 2.22. The van der Waals surface area contributed by atoms with Crippen LogP contribution >= 0.6 is 0 Å². The quantitative estimate of drug-likeness (QED) is 0.626. The molecule has 0 radical (unpaired) electrons. The molecule has 1 atom stereocenters. The van der Waals surface area contributed by atoms with E-state index in [1.165, 1.54) is 0 Å². The maximum absolute atomic E-state index is 11.7. The molecule has 14 heavy (non-hydrogen) atoms. The van der Waals surface area contributed by atoms with Crippen LogP contribution in [-0.2, 0) is 4.79 Å². The minimum atomic E-state index is -0.418. The first kappa shape index (κ1) is 13.4. The van der Waals surface area contributed by atoms with E-state index in [4.69, 9.17) is 10.8 Å². The molecule has 0 aromatic heterocycles.